The van der Waals surface area contributed by atoms with E-state index in [1.807, 2.05) is 19.1 Å². The zero-order valence-corrected chi connectivity index (χ0v) is 13.8. The standard InChI is InChI=1S/C17H16F3N5O/c1-11-3-2-4-14(25-15(9-10-26)22-23-24-25)16(11)21-13-7-5-12(6-8-13)17(18,19)20/h2-8,21,26H,9-10H2,1H3. The maximum absolute atomic E-state index is 12.7. The van der Waals surface area contributed by atoms with Gasteiger partial charge in [-0.25, -0.2) is 0 Å². The summed E-state index contributed by atoms with van der Waals surface area (Å²) in [5.41, 5.74) is 1.97. The molecular weight excluding hydrogens is 347 g/mol. The van der Waals surface area contributed by atoms with Crippen molar-refractivity contribution < 1.29 is 18.3 Å². The van der Waals surface area contributed by atoms with Gasteiger partial charge in [-0.1, -0.05) is 12.1 Å². The minimum Gasteiger partial charge on any atom is -0.396 e. The molecule has 6 nitrogen and oxygen atoms in total. The van der Waals surface area contributed by atoms with Crippen LogP contribution in [-0.4, -0.2) is 31.9 Å². The van der Waals surface area contributed by atoms with Gasteiger partial charge in [0.05, 0.1) is 23.5 Å². The zero-order valence-electron chi connectivity index (χ0n) is 13.8. The van der Waals surface area contributed by atoms with Crippen LogP contribution in [0.15, 0.2) is 42.5 Å². The second kappa shape index (κ2) is 7.12. The number of alkyl halides is 3. The fraction of sp³-hybridized carbons (Fsp3) is 0.235. The molecule has 1 heterocycles. The Balaban J connectivity index is 1.97. The van der Waals surface area contributed by atoms with Crippen molar-refractivity contribution in [2.24, 2.45) is 0 Å². The monoisotopic (exact) mass is 363 g/mol. The van der Waals surface area contributed by atoms with E-state index in [1.54, 1.807) is 6.07 Å². The van der Waals surface area contributed by atoms with Crippen LogP contribution in [-0.2, 0) is 12.6 Å². The van der Waals surface area contributed by atoms with Crippen LogP contribution in [0.5, 0.6) is 0 Å². The molecule has 9 heteroatoms. The summed E-state index contributed by atoms with van der Waals surface area (Å²) in [4.78, 5) is 0. The third kappa shape index (κ3) is 3.67. The number of aliphatic hydroxyl groups is 1. The van der Waals surface area contributed by atoms with Crippen LogP contribution in [0, 0.1) is 6.92 Å². The lowest BCUT2D eigenvalue weighted by Crippen LogP contribution is -2.09. The topological polar surface area (TPSA) is 75.9 Å². The minimum atomic E-state index is -4.38. The van der Waals surface area contributed by atoms with Gasteiger partial charge in [0.2, 0.25) is 0 Å². The predicted molar refractivity (Wildman–Crippen MR) is 89.4 cm³/mol. The van der Waals surface area contributed by atoms with E-state index in [0.717, 1.165) is 17.7 Å². The van der Waals surface area contributed by atoms with Gasteiger partial charge in [-0.05, 0) is 53.2 Å². The summed E-state index contributed by atoms with van der Waals surface area (Å²) in [7, 11) is 0. The summed E-state index contributed by atoms with van der Waals surface area (Å²) in [6.45, 7) is 1.76. The number of rotatable bonds is 5. The molecule has 26 heavy (non-hydrogen) atoms. The van der Waals surface area contributed by atoms with E-state index in [2.05, 4.69) is 20.8 Å². The van der Waals surface area contributed by atoms with E-state index in [4.69, 9.17) is 5.11 Å². The minimum absolute atomic E-state index is 0.103. The fourth-order valence-corrected chi connectivity index (χ4v) is 2.53. The summed E-state index contributed by atoms with van der Waals surface area (Å²) >= 11 is 0. The molecule has 3 rings (SSSR count). The molecule has 0 bridgehead atoms. The summed E-state index contributed by atoms with van der Waals surface area (Å²) in [6, 6.07) is 10.3. The van der Waals surface area contributed by atoms with Crippen LogP contribution >= 0.6 is 0 Å². The lowest BCUT2D eigenvalue weighted by atomic mass is 10.1. The van der Waals surface area contributed by atoms with E-state index >= 15 is 0 Å². The van der Waals surface area contributed by atoms with Gasteiger partial charge in [0, 0.05) is 12.1 Å². The number of para-hydroxylation sites is 1. The Morgan fingerprint density at radius 3 is 2.50 bits per heavy atom. The number of aryl methyl sites for hydroxylation is 1. The van der Waals surface area contributed by atoms with Gasteiger partial charge in [-0.3, -0.25) is 0 Å². The Morgan fingerprint density at radius 1 is 1.12 bits per heavy atom. The van der Waals surface area contributed by atoms with Crippen LogP contribution in [0.4, 0.5) is 24.5 Å². The average molecular weight is 363 g/mol. The predicted octanol–water partition coefficient (Wildman–Crippen LogP) is 3.27. The van der Waals surface area contributed by atoms with Gasteiger partial charge in [0.25, 0.3) is 0 Å². The van der Waals surface area contributed by atoms with Crippen molar-refractivity contribution in [1.82, 2.24) is 20.2 Å². The molecule has 0 saturated heterocycles. The Labute approximate surface area is 147 Å². The molecule has 0 saturated carbocycles. The average Bonchev–Trinajstić information content (AvgIpc) is 3.05. The van der Waals surface area contributed by atoms with Crippen molar-refractivity contribution in [3.63, 3.8) is 0 Å². The lowest BCUT2D eigenvalue weighted by molar-refractivity contribution is -0.137. The molecule has 3 aromatic rings. The van der Waals surface area contributed by atoms with E-state index in [-0.39, 0.29) is 13.0 Å². The second-order valence-electron chi connectivity index (χ2n) is 5.65. The summed E-state index contributed by atoms with van der Waals surface area (Å²) in [5.74, 6) is 0.480. The quantitative estimate of drug-likeness (QED) is 0.728. The highest BCUT2D eigenvalue weighted by Gasteiger charge is 2.30. The Bertz CT molecular complexity index is 890. The number of aliphatic hydroxyl groups excluding tert-OH is 1. The largest absolute Gasteiger partial charge is 0.416 e. The molecule has 0 atom stereocenters. The highest BCUT2D eigenvalue weighted by molar-refractivity contribution is 5.72. The first kappa shape index (κ1) is 17.9. The summed E-state index contributed by atoms with van der Waals surface area (Å²) < 4.78 is 39.6. The molecule has 1 aromatic heterocycles. The molecule has 0 radical (unpaired) electrons. The number of hydrogen-bond donors (Lipinski definition) is 2. The van der Waals surface area contributed by atoms with E-state index in [1.165, 1.54) is 16.8 Å². The number of halogens is 3. The van der Waals surface area contributed by atoms with Gasteiger partial charge < -0.3 is 10.4 Å². The highest BCUT2D eigenvalue weighted by Crippen LogP contribution is 2.32. The third-order valence-corrected chi connectivity index (χ3v) is 3.83. The van der Waals surface area contributed by atoms with Crippen molar-refractivity contribution in [3.8, 4) is 5.69 Å². The molecule has 0 aliphatic rings. The maximum Gasteiger partial charge on any atom is 0.416 e. The first-order valence-electron chi connectivity index (χ1n) is 7.82. The number of anilines is 2. The smallest absolute Gasteiger partial charge is 0.396 e. The Morgan fingerprint density at radius 2 is 1.85 bits per heavy atom. The molecule has 0 aliphatic heterocycles. The van der Waals surface area contributed by atoms with Crippen molar-refractivity contribution in [2.75, 3.05) is 11.9 Å². The number of aromatic nitrogens is 4. The van der Waals surface area contributed by atoms with Gasteiger partial charge in [0.1, 0.15) is 0 Å². The van der Waals surface area contributed by atoms with Gasteiger partial charge in [-0.2, -0.15) is 17.9 Å². The fourth-order valence-electron chi connectivity index (χ4n) is 2.53. The molecule has 0 fully saturated rings. The molecule has 2 N–H and O–H groups in total. The van der Waals surface area contributed by atoms with Gasteiger partial charge in [0.15, 0.2) is 5.82 Å². The number of benzene rings is 2. The van der Waals surface area contributed by atoms with E-state index in [0.29, 0.717) is 22.9 Å². The molecule has 136 valence electrons. The van der Waals surface area contributed by atoms with Crippen molar-refractivity contribution >= 4 is 11.4 Å². The molecule has 2 aromatic carbocycles. The first-order chi connectivity index (χ1) is 12.4. The van der Waals surface area contributed by atoms with Gasteiger partial charge in [-0.15, -0.1) is 5.10 Å². The van der Waals surface area contributed by atoms with E-state index < -0.39 is 11.7 Å². The summed E-state index contributed by atoms with van der Waals surface area (Å²) in [5, 5.41) is 23.7. The van der Waals surface area contributed by atoms with Crippen LogP contribution in [0.25, 0.3) is 5.69 Å². The molecule has 0 unspecified atom stereocenters. The number of nitrogens with zero attached hydrogens (tertiary/aromatic N) is 4. The second-order valence-corrected chi connectivity index (χ2v) is 5.65. The maximum atomic E-state index is 12.7. The molecule has 0 aliphatic carbocycles. The van der Waals surface area contributed by atoms with Crippen molar-refractivity contribution in [2.45, 2.75) is 19.5 Å². The van der Waals surface area contributed by atoms with Crippen LogP contribution in [0.1, 0.15) is 17.0 Å². The van der Waals surface area contributed by atoms with Crippen LogP contribution in [0.2, 0.25) is 0 Å². The molecule has 0 spiro atoms. The van der Waals surface area contributed by atoms with Crippen LogP contribution < -0.4 is 5.32 Å². The van der Waals surface area contributed by atoms with Gasteiger partial charge >= 0.3 is 6.18 Å². The molecule has 0 amide bonds. The van der Waals surface area contributed by atoms with Crippen molar-refractivity contribution in [1.29, 1.82) is 0 Å². The van der Waals surface area contributed by atoms with Crippen LogP contribution in [0.3, 0.4) is 0 Å². The number of tetrazole rings is 1. The number of hydrogen-bond acceptors (Lipinski definition) is 5. The normalized spacial score (nSPS) is 11.6. The Hall–Kier alpha value is -2.94. The summed E-state index contributed by atoms with van der Waals surface area (Å²) in [6.07, 6.45) is -4.10. The third-order valence-electron chi connectivity index (χ3n) is 3.83. The lowest BCUT2D eigenvalue weighted by Gasteiger charge is -2.16. The Kier molecular flexibility index (Phi) is 4.90. The van der Waals surface area contributed by atoms with E-state index in [9.17, 15) is 13.2 Å². The molecular formula is C17H16F3N5O. The first-order valence-corrected chi connectivity index (χ1v) is 7.82. The van der Waals surface area contributed by atoms with Crippen molar-refractivity contribution in [3.05, 3.63) is 59.4 Å². The SMILES string of the molecule is Cc1cccc(-n2nnnc2CCO)c1Nc1ccc(C(F)(F)F)cc1. The zero-order chi connectivity index (χ0) is 18.7. The number of nitrogens with one attached hydrogen (secondary N) is 1. The highest BCUT2D eigenvalue weighted by atomic mass is 19.4.